The third kappa shape index (κ3) is 3.94. The van der Waals surface area contributed by atoms with Gasteiger partial charge in [-0.05, 0) is 49.9 Å². The summed E-state index contributed by atoms with van der Waals surface area (Å²) in [6, 6.07) is 7.75. The van der Waals surface area contributed by atoms with Crippen LogP contribution >= 0.6 is 11.6 Å². The normalized spacial score (nSPS) is 15.4. The molecule has 1 aliphatic carbocycles. The fourth-order valence-electron chi connectivity index (χ4n) is 2.69. The molecule has 4 nitrogen and oxygen atoms in total. The van der Waals surface area contributed by atoms with Gasteiger partial charge in [0.15, 0.2) is 11.7 Å². The molecule has 5 heteroatoms. The molecule has 0 saturated heterocycles. The summed E-state index contributed by atoms with van der Waals surface area (Å²) in [6.45, 7) is 2.12. The Labute approximate surface area is 141 Å². The number of rotatable bonds is 6. The second kappa shape index (κ2) is 6.75. The van der Waals surface area contributed by atoms with Crippen LogP contribution in [-0.2, 0) is 11.2 Å². The van der Waals surface area contributed by atoms with Crippen molar-refractivity contribution in [1.82, 2.24) is 9.88 Å². The number of oxazole rings is 1. The van der Waals surface area contributed by atoms with Crippen molar-refractivity contribution in [1.29, 1.82) is 0 Å². The molecule has 1 saturated carbocycles. The molecule has 3 rings (SSSR count). The van der Waals surface area contributed by atoms with E-state index in [2.05, 4.69) is 11.9 Å². The number of carbonyl (C=O) groups excluding carboxylic acids is 1. The van der Waals surface area contributed by atoms with Crippen LogP contribution in [0.4, 0.5) is 0 Å². The van der Waals surface area contributed by atoms with E-state index in [9.17, 15) is 4.79 Å². The molecule has 2 aromatic rings. The highest BCUT2D eigenvalue weighted by atomic mass is 35.5. The van der Waals surface area contributed by atoms with Gasteiger partial charge in [0.25, 0.3) is 0 Å². The fraction of sp³-hybridized carbons (Fsp3) is 0.444. The lowest BCUT2D eigenvalue weighted by Crippen LogP contribution is -2.36. The molecule has 1 fully saturated rings. The number of benzene rings is 1. The maximum atomic E-state index is 12.2. The first-order valence-corrected chi connectivity index (χ1v) is 8.38. The van der Waals surface area contributed by atoms with Gasteiger partial charge in [0.2, 0.25) is 5.91 Å². The Bertz CT molecular complexity index is 677. The second-order valence-electron chi connectivity index (χ2n) is 6.21. The maximum Gasteiger partial charge on any atom is 0.223 e. The monoisotopic (exact) mass is 332 g/mol. The molecule has 1 aromatic heterocycles. The van der Waals surface area contributed by atoms with Crippen molar-refractivity contribution >= 4 is 17.5 Å². The average Bonchev–Trinajstić information content (AvgIpc) is 3.30. The third-order valence-electron chi connectivity index (χ3n) is 4.54. The van der Waals surface area contributed by atoms with Gasteiger partial charge in [-0.3, -0.25) is 4.79 Å². The van der Waals surface area contributed by atoms with Crippen molar-refractivity contribution in [2.75, 3.05) is 7.05 Å². The van der Waals surface area contributed by atoms with Crippen LogP contribution in [0.15, 0.2) is 34.9 Å². The molecular weight excluding hydrogens is 312 g/mol. The first-order valence-electron chi connectivity index (χ1n) is 8.01. The lowest BCUT2D eigenvalue weighted by molar-refractivity contribution is -0.132. The third-order valence-corrected chi connectivity index (χ3v) is 4.80. The van der Waals surface area contributed by atoms with E-state index in [1.54, 1.807) is 6.20 Å². The summed E-state index contributed by atoms with van der Waals surface area (Å²) in [6.07, 6.45) is 5.12. The summed E-state index contributed by atoms with van der Waals surface area (Å²) in [5.41, 5.74) is 0.930. The Balaban J connectivity index is 1.56. The average molecular weight is 333 g/mol. The quantitative estimate of drug-likeness (QED) is 0.797. The smallest absolute Gasteiger partial charge is 0.223 e. The van der Waals surface area contributed by atoms with Gasteiger partial charge in [-0.25, -0.2) is 4.98 Å². The Morgan fingerprint density at radius 1 is 1.39 bits per heavy atom. The molecule has 1 amide bonds. The van der Waals surface area contributed by atoms with Gasteiger partial charge >= 0.3 is 0 Å². The zero-order valence-corrected chi connectivity index (χ0v) is 14.2. The zero-order valence-electron chi connectivity index (χ0n) is 13.5. The highest BCUT2D eigenvalue weighted by molar-refractivity contribution is 6.30. The lowest BCUT2D eigenvalue weighted by atomic mass is 10.1. The van der Waals surface area contributed by atoms with Gasteiger partial charge in [0.05, 0.1) is 6.20 Å². The first-order chi connectivity index (χ1) is 11.0. The number of amides is 1. The summed E-state index contributed by atoms with van der Waals surface area (Å²) in [4.78, 5) is 18.4. The molecule has 1 atom stereocenters. The van der Waals surface area contributed by atoms with Crippen LogP contribution < -0.4 is 0 Å². The molecule has 0 spiro atoms. The number of halogens is 1. The molecule has 0 N–H and O–H groups in total. The summed E-state index contributed by atoms with van der Waals surface area (Å²) in [7, 11) is 1.89. The van der Waals surface area contributed by atoms with Crippen molar-refractivity contribution in [3.8, 4) is 11.3 Å². The van der Waals surface area contributed by atoms with Crippen LogP contribution in [-0.4, -0.2) is 28.9 Å². The highest BCUT2D eigenvalue weighted by Crippen LogP contribution is 2.34. The van der Waals surface area contributed by atoms with Crippen LogP contribution in [0.2, 0.25) is 5.02 Å². The maximum absolute atomic E-state index is 12.2. The number of hydrogen-bond donors (Lipinski definition) is 0. The summed E-state index contributed by atoms with van der Waals surface area (Å²) in [5, 5.41) is 0.687. The second-order valence-corrected chi connectivity index (χ2v) is 6.64. The Hall–Kier alpha value is -1.81. The fourth-order valence-corrected chi connectivity index (χ4v) is 2.81. The molecular formula is C18H21ClN2O2. The van der Waals surface area contributed by atoms with Crippen LogP contribution in [0.3, 0.4) is 0 Å². The van der Waals surface area contributed by atoms with Crippen LogP contribution in [0.5, 0.6) is 0 Å². The molecule has 1 heterocycles. The van der Waals surface area contributed by atoms with Gasteiger partial charge in [-0.15, -0.1) is 0 Å². The van der Waals surface area contributed by atoms with Gasteiger partial charge in [0, 0.05) is 36.5 Å². The number of carbonyl (C=O) groups is 1. The van der Waals surface area contributed by atoms with Crippen molar-refractivity contribution in [2.24, 2.45) is 5.92 Å². The predicted molar refractivity (Wildman–Crippen MR) is 90.2 cm³/mol. The molecule has 122 valence electrons. The summed E-state index contributed by atoms with van der Waals surface area (Å²) in [5.74, 6) is 2.12. The minimum absolute atomic E-state index is 0.149. The van der Waals surface area contributed by atoms with E-state index in [0.29, 0.717) is 41.5 Å². The molecule has 23 heavy (non-hydrogen) atoms. The number of aryl methyl sites for hydroxylation is 1. The molecule has 1 aromatic carbocycles. The minimum Gasteiger partial charge on any atom is -0.441 e. The summed E-state index contributed by atoms with van der Waals surface area (Å²) < 4.78 is 5.74. The highest BCUT2D eigenvalue weighted by Gasteiger charge is 2.32. The van der Waals surface area contributed by atoms with Crippen LogP contribution in [0, 0.1) is 5.92 Å². The summed E-state index contributed by atoms with van der Waals surface area (Å²) >= 11 is 5.88. The van der Waals surface area contributed by atoms with Crippen molar-refractivity contribution in [3.05, 3.63) is 41.4 Å². The van der Waals surface area contributed by atoms with E-state index < -0.39 is 0 Å². The van der Waals surface area contributed by atoms with Gasteiger partial charge in [0.1, 0.15) is 0 Å². The minimum atomic E-state index is 0.149. The van der Waals surface area contributed by atoms with Crippen LogP contribution in [0.1, 0.15) is 32.1 Å². The SMILES string of the molecule is CC(C1CC1)N(C)C(=O)CCc1ncc(-c2ccc(Cl)cc2)o1. The molecule has 1 aliphatic rings. The number of nitrogens with zero attached hydrogens (tertiary/aromatic N) is 2. The molecule has 0 bridgehead atoms. The topological polar surface area (TPSA) is 46.3 Å². The van der Waals surface area contributed by atoms with E-state index in [0.717, 1.165) is 5.56 Å². The number of hydrogen-bond acceptors (Lipinski definition) is 3. The van der Waals surface area contributed by atoms with E-state index >= 15 is 0 Å². The van der Waals surface area contributed by atoms with Gasteiger partial charge in [-0.2, -0.15) is 0 Å². The largest absolute Gasteiger partial charge is 0.441 e. The van der Waals surface area contributed by atoms with Crippen molar-refractivity contribution in [3.63, 3.8) is 0 Å². The first kappa shape index (κ1) is 16.1. The van der Waals surface area contributed by atoms with Crippen LogP contribution in [0.25, 0.3) is 11.3 Å². The van der Waals surface area contributed by atoms with E-state index in [-0.39, 0.29) is 5.91 Å². The lowest BCUT2D eigenvalue weighted by Gasteiger charge is -2.24. The van der Waals surface area contributed by atoms with Crippen molar-refractivity contribution < 1.29 is 9.21 Å². The van der Waals surface area contributed by atoms with Crippen molar-refractivity contribution in [2.45, 2.75) is 38.6 Å². The Kier molecular flexibility index (Phi) is 4.71. The molecule has 0 radical (unpaired) electrons. The standard InChI is InChI=1S/C18H21ClN2O2/c1-12(13-3-4-13)21(2)18(22)10-9-17-20-11-16(23-17)14-5-7-15(19)8-6-14/h5-8,11-13H,3-4,9-10H2,1-2H3. The molecule has 0 aliphatic heterocycles. The molecule has 1 unspecified atom stereocenters. The van der Waals surface area contributed by atoms with E-state index in [1.807, 2.05) is 36.2 Å². The van der Waals surface area contributed by atoms with Gasteiger partial charge < -0.3 is 9.32 Å². The zero-order chi connectivity index (χ0) is 16.4. The van der Waals surface area contributed by atoms with Gasteiger partial charge in [-0.1, -0.05) is 11.6 Å². The van der Waals surface area contributed by atoms with E-state index in [4.69, 9.17) is 16.0 Å². The van der Waals surface area contributed by atoms with E-state index in [1.165, 1.54) is 12.8 Å². The Morgan fingerprint density at radius 2 is 2.09 bits per heavy atom. The number of aromatic nitrogens is 1. The Morgan fingerprint density at radius 3 is 2.74 bits per heavy atom. The predicted octanol–water partition coefficient (Wildman–Crippen LogP) is 4.18.